The Bertz CT molecular complexity index is 458. The Kier molecular flexibility index (Phi) is 4.21. The van der Waals surface area contributed by atoms with Crippen LogP contribution in [0.3, 0.4) is 0 Å². The molecule has 0 bridgehead atoms. The third-order valence-electron chi connectivity index (χ3n) is 3.22. The number of carbonyl (C=O) groups excluding carboxylic acids is 1. The van der Waals surface area contributed by atoms with Gasteiger partial charge in [-0.15, -0.1) is 0 Å². The molecule has 0 spiro atoms. The molecule has 0 saturated carbocycles. The van der Waals surface area contributed by atoms with Crippen molar-refractivity contribution < 1.29 is 14.3 Å². The summed E-state index contributed by atoms with van der Waals surface area (Å²) in [7, 11) is 3.25. The van der Waals surface area contributed by atoms with Crippen molar-refractivity contribution in [3.63, 3.8) is 0 Å². The lowest BCUT2D eigenvalue weighted by Crippen LogP contribution is -2.29. The van der Waals surface area contributed by atoms with Crippen LogP contribution in [0.15, 0.2) is 12.3 Å². The molecule has 2 rings (SSSR count). The van der Waals surface area contributed by atoms with E-state index in [1.165, 1.54) is 13.3 Å². The molecule has 1 aliphatic heterocycles. The van der Waals surface area contributed by atoms with Gasteiger partial charge in [-0.1, -0.05) is 0 Å². The predicted octanol–water partition coefficient (Wildman–Crippen LogP) is 1.07. The third kappa shape index (κ3) is 3.14. The van der Waals surface area contributed by atoms with Crippen molar-refractivity contribution in [2.45, 2.75) is 18.9 Å². The monoisotopic (exact) mass is 265 g/mol. The molecule has 1 aliphatic rings. The molecule has 2 heterocycles. The summed E-state index contributed by atoms with van der Waals surface area (Å²) in [4.78, 5) is 17.8. The summed E-state index contributed by atoms with van der Waals surface area (Å²) in [6, 6.07) is 1.65. The number of nitrogens with zero attached hydrogens (tertiary/aromatic N) is 2. The highest BCUT2D eigenvalue weighted by molar-refractivity contribution is 5.95. The number of likely N-dealkylation sites (N-methyl/N-ethyl adjacent to an activating group) is 1. The van der Waals surface area contributed by atoms with Crippen molar-refractivity contribution in [1.82, 2.24) is 4.98 Å². The number of nitrogen functional groups attached to an aromatic ring is 1. The Balaban J connectivity index is 2.12. The fourth-order valence-corrected chi connectivity index (χ4v) is 2.14. The second-order valence-electron chi connectivity index (χ2n) is 4.64. The highest BCUT2D eigenvalue weighted by atomic mass is 16.5. The Morgan fingerprint density at radius 1 is 1.68 bits per heavy atom. The number of anilines is 2. The molecule has 6 nitrogen and oxygen atoms in total. The zero-order chi connectivity index (χ0) is 13.8. The van der Waals surface area contributed by atoms with Crippen LogP contribution in [0.4, 0.5) is 11.5 Å². The largest absolute Gasteiger partial charge is 0.465 e. The maximum absolute atomic E-state index is 11.6. The molecule has 1 fully saturated rings. The topological polar surface area (TPSA) is 77.7 Å². The van der Waals surface area contributed by atoms with E-state index in [-0.39, 0.29) is 6.10 Å². The van der Waals surface area contributed by atoms with E-state index in [0.29, 0.717) is 17.1 Å². The molecule has 1 atom stereocenters. The van der Waals surface area contributed by atoms with Crippen molar-refractivity contribution >= 4 is 17.5 Å². The van der Waals surface area contributed by atoms with Gasteiger partial charge in [0, 0.05) is 20.2 Å². The summed E-state index contributed by atoms with van der Waals surface area (Å²) >= 11 is 0. The molecule has 2 N–H and O–H groups in total. The molecule has 104 valence electrons. The van der Waals surface area contributed by atoms with Crippen LogP contribution in [0.1, 0.15) is 23.2 Å². The molecule has 6 heteroatoms. The fraction of sp³-hybridized carbons (Fsp3) is 0.538. The molecule has 1 aromatic rings. The Morgan fingerprint density at radius 2 is 2.47 bits per heavy atom. The SMILES string of the molecule is COC(=O)c1cc(N(C)CC2CCCO2)ncc1N. The zero-order valence-corrected chi connectivity index (χ0v) is 11.3. The fourth-order valence-electron chi connectivity index (χ4n) is 2.14. The van der Waals surface area contributed by atoms with Gasteiger partial charge in [0.1, 0.15) is 5.82 Å². The summed E-state index contributed by atoms with van der Waals surface area (Å²) in [5.41, 5.74) is 6.38. The normalized spacial score (nSPS) is 18.3. The number of hydrogen-bond acceptors (Lipinski definition) is 6. The van der Waals surface area contributed by atoms with Crippen LogP contribution in [-0.4, -0.2) is 44.4 Å². The minimum atomic E-state index is -0.452. The number of methoxy groups -OCH3 is 1. The van der Waals surface area contributed by atoms with Gasteiger partial charge in [-0.3, -0.25) is 0 Å². The first-order valence-corrected chi connectivity index (χ1v) is 6.28. The van der Waals surface area contributed by atoms with Crippen molar-refractivity contribution in [3.8, 4) is 0 Å². The van der Waals surface area contributed by atoms with Crippen molar-refractivity contribution in [2.75, 3.05) is 37.9 Å². The van der Waals surface area contributed by atoms with Crippen molar-refractivity contribution in [3.05, 3.63) is 17.8 Å². The number of carbonyl (C=O) groups is 1. The van der Waals surface area contributed by atoms with Gasteiger partial charge in [0.05, 0.1) is 30.7 Å². The first-order valence-electron chi connectivity index (χ1n) is 6.28. The zero-order valence-electron chi connectivity index (χ0n) is 11.3. The first-order chi connectivity index (χ1) is 9.11. The standard InChI is InChI=1S/C13H19N3O3/c1-16(8-9-4-3-5-19-9)12-6-10(13(17)18-2)11(14)7-15-12/h6-7,9H,3-5,8,14H2,1-2H3. The maximum Gasteiger partial charge on any atom is 0.340 e. The van der Waals surface area contributed by atoms with Crippen molar-refractivity contribution in [1.29, 1.82) is 0 Å². The van der Waals surface area contributed by atoms with Crippen LogP contribution < -0.4 is 10.6 Å². The minimum Gasteiger partial charge on any atom is -0.465 e. The van der Waals surface area contributed by atoms with E-state index < -0.39 is 5.97 Å². The Hall–Kier alpha value is -1.82. The number of rotatable bonds is 4. The molecule has 1 unspecified atom stereocenters. The van der Waals surface area contributed by atoms with Gasteiger partial charge >= 0.3 is 5.97 Å². The number of esters is 1. The molecule has 0 amide bonds. The smallest absolute Gasteiger partial charge is 0.340 e. The van der Waals surface area contributed by atoms with Gasteiger partial charge in [-0.05, 0) is 18.9 Å². The first kappa shape index (κ1) is 13.6. The second-order valence-corrected chi connectivity index (χ2v) is 4.64. The average Bonchev–Trinajstić information content (AvgIpc) is 2.91. The minimum absolute atomic E-state index is 0.228. The predicted molar refractivity (Wildman–Crippen MR) is 72.2 cm³/mol. The van der Waals surface area contributed by atoms with E-state index in [1.807, 2.05) is 11.9 Å². The Morgan fingerprint density at radius 3 is 3.11 bits per heavy atom. The van der Waals surface area contributed by atoms with E-state index >= 15 is 0 Å². The molecule has 1 aromatic heterocycles. The molecular weight excluding hydrogens is 246 g/mol. The van der Waals surface area contributed by atoms with E-state index in [9.17, 15) is 4.79 Å². The molecule has 1 saturated heterocycles. The molecule has 0 radical (unpaired) electrons. The average molecular weight is 265 g/mol. The lowest BCUT2D eigenvalue weighted by Gasteiger charge is -2.22. The summed E-state index contributed by atoms with van der Waals surface area (Å²) < 4.78 is 10.3. The number of pyridine rings is 1. The van der Waals surface area contributed by atoms with Crippen LogP contribution in [0.25, 0.3) is 0 Å². The number of hydrogen-bond donors (Lipinski definition) is 1. The van der Waals surface area contributed by atoms with E-state index in [4.69, 9.17) is 15.2 Å². The van der Waals surface area contributed by atoms with Crippen molar-refractivity contribution in [2.24, 2.45) is 0 Å². The molecule has 19 heavy (non-hydrogen) atoms. The maximum atomic E-state index is 11.6. The summed E-state index contributed by atoms with van der Waals surface area (Å²) in [5.74, 6) is 0.233. The summed E-state index contributed by atoms with van der Waals surface area (Å²) in [6.07, 6.45) is 3.86. The van der Waals surface area contributed by atoms with Gasteiger partial charge in [0.2, 0.25) is 0 Å². The molecule has 0 aromatic carbocycles. The number of ether oxygens (including phenoxy) is 2. The lowest BCUT2D eigenvalue weighted by molar-refractivity contribution is 0.0602. The Labute approximate surface area is 112 Å². The lowest BCUT2D eigenvalue weighted by atomic mass is 10.2. The van der Waals surface area contributed by atoms with E-state index in [2.05, 4.69) is 4.98 Å². The van der Waals surface area contributed by atoms with Gasteiger partial charge in [0.25, 0.3) is 0 Å². The molecular formula is C13H19N3O3. The van der Waals surface area contributed by atoms with Crippen LogP contribution >= 0.6 is 0 Å². The number of aromatic nitrogens is 1. The summed E-state index contributed by atoms with van der Waals surface area (Å²) in [6.45, 7) is 1.57. The van der Waals surface area contributed by atoms with Gasteiger partial charge in [-0.2, -0.15) is 0 Å². The van der Waals surface area contributed by atoms with E-state index in [1.54, 1.807) is 6.07 Å². The third-order valence-corrected chi connectivity index (χ3v) is 3.22. The van der Waals surface area contributed by atoms with Crippen LogP contribution in [0, 0.1) is 0 Å². The van der Waals surface area contributed by atoms with Crippen LogP contribution in [-0.2, 0) is 9.47 Å². The van der Waals surface area contributed by atoms with Crippen LogP contribution in [0.5, 0.6) is 0 Å². The van der Waals surface area contributed by atoms with Gasteiger partial charge in [0.15, 0.2) is 0 Å². The number of nitrogens with two attached hydrogens (primary N) is 1. The van der Waals surface area contributed by atoms with Gasteiger partial charge in [-0.25, -0.2) is 9.78 Å². The van der Waals surface area contributed by atoms with Crippen LogP contribution in [0.2, 0.25) is 0 Å². The summed E-state index contributed by atoms with van der Waals surface area (Å²) in [5, 5.41) is 0. The highest BCUT2D eigenvalue weighted by Gasteiger charge is 2.19. The second kappa shape index (κ2) is 5.88. The highest BCUT2D eigenvalue weighted by Crippen LogP contribution is 2.20. The van der Waals surface area contributed by atoms with E-state index in [0.717, 1.165) is 26.0 Å². The molecule has 0 aliphatic carbocycles. The quantitative estimate of drug-likeness (QED) is 0.820. The van der Waals surface area contributed by atoms with Gasteiger partial charge < -0.3 is 20.1 Å².